The van der Waals surface area contributed by atoms with E-state index in [0.717, 1.165) is 12.0 Å². The normalized spacial score (nSPS) is 28.5. The summed E-state index contributed by atoms with van der Waals surface area (Å²) in [4.78, 5) is 11.9. The molecular formula is C17H23BO4. The number of carbonyl (C=O) groups excluding carboxylic acids is 1. The van der Waals surface area contributed by atoms with Crippen molar-refractivity contribution in [2.75, 3.05) is 7.11 Å². The highest BCUT2D eigenvalue weighted by atomic mass is 16.7. The molecule has 0 bridgehead atoms. The molecule has 1 aromatic carbocycles. The van der Waals surface area contributed by atoms with Gasteiger partial charge < -0.3 is 14.0 Å². The average Bonchev–Trinajstić information content (AvgIpc) is 3.21. The van der Waals surface area contributed by atoms with Crippen LogP contribution >= 0.6 is 0 Å². The number of esters is 1. The number of rotatable bonds is 3. The largest absolute Gasteiger partial charge is 0.465 e. The lowest BCUT2D eigenvalue weighted by Crippen LogP contribution is -2.41. The summed E-state index contributed by atoms with van der Waals surface area (Å²) in [6, 6.07) is 7.65. The van der Waals surface area contributed by atoms with Crippen molar-refractivity contribution in [1.29, 1.82) is 0 Å². The van der Waals surface area contributed by atoms with Crippen LogP contribution in [-0.2, 0) is 14.0 Å². The summed E-state index contributed by atoms with van der Waals surface area (Å²) in [5.41, 5.74) is 1.06. The van der Waals surface area contributed by atoms with Crippen molar-refractivity contribution < 1.29 is 18.8 Å². The maximum Gasteiger partial charge on any atom is 0.461 e. The van der Waals surface area contributed by atoms with Crippen molar-refractivity contribution in [1.82, 2.24) is 0 Å². The quantitative estimate of drug-likeness (QED) is 0.634. The van der Waals surface area contributed by atoms with Crippen molar-refractivity contribution in [2.24, 2.45) is 0 Å². The van der Waals surface area contributed by atoms with Crippen molar-refractivity contribution >= 4 is 13.1 Å². The third kappa shape index (κ3) is 2.46. The highest BCUT2D eigenvalue weighted by Gasteiger charge is 2.60. The number of hydrogen-bond donors (Lipinski definition) is 0. The Morgan fingerprint density at radius 2 is 1.77 bits per heavy atom. The summed E-state index contributed by atoms with van der Waals surface area (Å²) in [7, 11) is 1.21. The predicted octanol–water partition coefficient (Wildman–Crippen LogP) is 3.42. The fourth-order valence-corrected chi connectivity index (χ4v) is 3.05. The summed E-state index contributed by atoms with van der Waals surface area (Å²) in [5.74, 6) is 0.312. The maximum absolute atomic E-state index is 11.9. The molecule has 5 heteroatoms. The number of ether oxygens (including phenoxy) is 1. The first-order valence-electron chi connectivity index (χ1n) is 7.80. The first-order chi connectivity index (χ1) is 10.3. The maximum atomic E-state index is 11.9. The minimum Gasteiger partial charge on any atom is -0.465 e. The number of methoxy groups -OCH3 is 1. The number of benzene rings is 1. The van der Waals surface area contributed by atoms with Crippen molar-refractivity contribution in [3.05, 3.63) is 35.4 Å². The van der Waals surface area contributed by atoms with Crippen molar-refractivity contribution in [3.8, 4) is 0 Å². The van der Waals surface area contributed by atoms with E-state index in [1.807, 2.05) is 24.3 Å². The van der Waals surface area contributed by atoms with Gasteiger partial charge in [0.25, 0.3) is 0 Å². The van der Waals surface area contributed by atoms with Crippen LogP contribution in [0.5, 0.6) is 0 Å². The molecule has 118 valence electrons. The van der Waals surface area contributed by atoms with Gasteiger partial charge in [0.2, 0.25) is 0 Å². The van der Waals surface area contributed by atoms with Crippen LogP contribution in [0.25, 0.3) is 0 Å². The highest BCUT2D eigenvalue weighted by molar-refractivity contribution is 6.49. The molecule has 0 amide bonds. The van der Waals surface area contributed by atoms with Gasteiger partial charge in [-0.15, -0.1) is 0 Å². The molecule has 22 heavy (non-hydrogen) atoms. The van der Waals surface area contributed by atoms with E-state index >= 15 is 0 Å². The molecule has 1 aliphatic heterocycles. The van der Waals surface area contributed by atoms with Gasteiger partial charge in [0.05, 0.1) is 23.9 Å². The van der Waals surface area contributed by atoms with Crippen LogP contribution in [0, 0.1) is 0 Å². The van der Waals surface area contributed by atoms with E-state index in [0.29, 0.717) is 17.3 Å². The molecule has 2 aliphatic rings. The van der Waals surface area contributed by atoms with Gasteiger partial charge in [0.1, 0.15) is 0 Å². The molecule has 3 rings (SSSR count). The van der Waals surface area contributed by atoms with E-state index in [9.17, 15) is 4.79 Å². The van der Waals surface area contributed by atoms with E-state index in [4.69, 9.17) is 14.0 Å². The van der Waals surface area contributed by atoms with Gasteiger partial charge in [-0.05, 0) is 51.7 Å². The van der Waals surface area contributed by atoms with E-state index in [1.54, 1.807) is 0 Å². The van der Waals surface area contributed by atoms with E-state index in [-0.39, 0.29) is 24.3 Å². The summed E-state index contributed by atoms with van der Waals surface area (Å²) < 4.78 is 17.1. The smallest absolute Gasteiger partial charge is 0.461 e. The van der Waals surface area contributed by atoms with Crippen LogP contribution in [-0.4, -0.2) is 31.4 Å². The molecule has 0 aromatic heterocycles. The first kappa shape index (κ1) is 15.6. The van der Waals surface area contributed by atoms with Crippen molar-refractivity contribution in [2.45, 2.75) is 57.1 Å². The highest BCUT2D eigenvalue weighted by Crippen LogP contribution is 2.58. The zero-order valence-corrected chi connectivity index (χ0v) is 13.9. The molecule has 0 radical (unpaired) electrons. The van der Waals surface area contributed by atoms with Crippen LogP contribution in [0.4, 0.5) is 0 Å². The van der Waals surface area contributed by atoms with Gasteiger partial charge >= 0.3 is 13.1 Å². The first-order valence-corrected chi connectivity index (χ1v) is 7.80. The molecule has 1 saturated heterocycles. The van der Waals surface area contributed by atoms with E-state index in [2.05, 4.69) is 27.7 Å². The van der Waals surface area contributed by atoms with Crippen LogP contribution in [0.2, 0.25) is 5.82 Å². The lowest BCUT2D eigenvalue weighted by molar-refractivity contribution is 0.00578. The van der Waals surface area contributed by atoms with Crippen LogP contribution in [0.3, 0.4) is 0 Å². The van der Waals surface area contributed by atoms with Gasteiger partial charge in [-0.1, -0.05) is 18.2 Å². The summed E-state index contributed by atoms with van der Waals surface area (Å²) >= 11 is 0. The third-order valence-corrected chi connectivity index (χ3v) is 5.23. The van der Waals surface area contributed by atoms with E-state index < -0.39 is 0 Å². The van der Waals surface area contributed by atoms with Gasteiger partial charge in [0.15, 0.2) is 0 Å². The Hall–Kier alpha value is -1.33. The van der Waals surface area contributed by atoms with Crippen LogP contribution in [0.15, 0.2) is 24.3 Å². The molecule has 1 saturated carbocycles. The fourth-order valence-electron chi connectivity index (χ4n) is 3.05. The Balaban J connectivity index is 1.78. The van der Waals surface area contributed by atoms with Crippen molar-refractivity contribution in [3.63, 3.8) is 0 Å². The zero-order valence-electron chi connectivity index (χ0n) is 13.9. The SMILES string of the molecule is COC(=O)c1ccccc1C1CC1B1OC(C)(C)C(C)(C)O1. The standard InChI is InChI=1S/C17H23BO4/c1-16(2)17(3,4)22-18(21-16)14-10-13(14)11-8-6-7-9-12(11)15(19)20-5/h6-9,13-14H,10H2,1-5H3. The Kier molecular flexibility index (Phi) is 3.61. The Morgan fingerprint density at radius 3 is 2.36 bits per heavy atom. The third-order valence-electron chi connectivity index (χ3n) is 5.23. The van der Waals surface area contributed by atoms with Gasteiger partial charge in [-0.2, -0.15) is 0 Å². The van der Waals surface area contributed by atoms with Crippen LogP contribution < -0.4 is 0 Å². The molecule has 1 aliphatic carbocycles. The lowest BCUT2D eigenvalue weighted by atomic mass is 9.79. The molecular weight excluding hydrogens is 279 g/mol. The van der Waals surface area contributed by atoms with Gasteiger partial charge in [-0.3, -0.25) is 0 Å². The molecule has 2 fully saturated rings. The fraction of sp³-hybridized carbons (Fsp3) is 0.588. The molecule has 4 nitrogen and oxygen atoms in total. The van der Waals surface area contributed by atoms with Gasteiger partial charge in [0, 0.05) is 5.82 Å². The molecule has 0 spiro atoms. The van der Waals surface area contributed by atoms with E-state index in [1.165, 1.54) is 7.11 Å². The average molecular weight is 302 g/mol. The second-order valence-corrected chi connectivity index (χ2v) is 7.21. The lowest BCUT2D eigenvalue weighted by Gasteiger charge is -2.32. The number of carbonyl (C=O) groups is 1. The second kappa shape index (κ2) is 5.10. The topological polar surface area (TPSA) is 44.8 Å². The minimum absolute atomic E-state index is 0.208. The zero-order chi connectivity index (χ0) is 16.1. The summed E-state index contributed by atoms with van der Waals surface area (Å²) in [6.45, 7) is 8.25. The summed E-state index contributed by atoms with van der Waals surface area (Å²) in [6.07, 6.45) is 0.977. The van der Waals surface area contributed by atoms with Gasteiger partial charge in [-0.25, -0.2) is 4.79 Å². The minimum atomic E-state index is -0.313. The predicted molar refractivity (Wildman–Crippen MR) is 85.0 cm³/mol. The Morgan fingerprint density at radius 1 is 1.18 bits per heavy atom. The molecule has 0 N–H and O–H groups in total. The number of hydrogen-bond acceptors (Lipinski definition) is 4. The second-order valence-electron chi connectivity index (χ2n) is 7.21. The Labute approximate surface area is 132 Å². The Bertz CT molecular complexity index is 580. The van der Waals surface area contributed by atoms with Crippen LogP contribution in [0.1, 0.15) is 56.0 Å². The molecule has 1 heterocycles. The monoisotopic (exact) mass is 302 g/mol. The molecule has 1 aromatic rings. The molecule has 2 atom stereocenters. The molecule has 2 unspecified atom stereocenters. The summed E-state index contributed by atoms with van der Waals surface area (Å²) in [5, 5.41) is 0.